The van der Waals surface area contributed by atoms with Crippen molar-refractivity contribution < 1.29 is 4.42 Å². The van der Waals surface area contributed by atoms with Crippen LogP contribution < -0.4 is 10.9 Å². The third kappa shape index (κ3) is 9.83. The molecule has 3 aromatic heterocycles. The zero-order valence-corrected chi connectivity index (χ0v) is 21.6. The summed E-state index contributed by atoms with van der Waals surface area (Å²) in [5, 5.41) is 3.16. The molecule has 0 aliphatic carbocycles. The van der Waals surface area contributed by atoms with Crippen molar-refractivity contribution in [2.45, 2.75) is 25.6 Å². The van der Waals surface area contributed by atoms with E-state index in [4.69, 9.17) is 4.42 Å². The number of nitrogens with zero attached hydrogens (tertiary/aromatic N) is 3. The molecule has 178 valence electrons. The molecule has 0 fully saturated rings. The van der Waals surface area contributed by atoms with Gasteiger partial charge in [-0.3, -0.25) is 14.8 Å². The van der Waals surface area contributed by atoms with Crippen LogP contribution >= 0.6 is 49.0 Å². The molecular weight excluding hydrogens is 493 g/mol. The number of H-pyrrole nitrogens is 1. The normalized spacial score (nSPS) is 10.1. The van der Waals surface area contributed by atoms with Crippen molar-refractivity contribution >= 4 is 54.9 Å². The average molecular weight is 523 g/mol. The summed E-state index contributed by atoms with van der Waals surface area (Å²) in [5.74, 6) is 4.15. The molecule has 0 unspecified atom stereocenters. The van der Waals surface area contributed by atoms with E-state index in [-0.39, 0.29) is 42.8 Å². The Morgan fingerprint density at radius 1 is 1.06 bits per heavy atom. The van der Waals surface area contributed by atoms with Gasteiger partial charge in [-0.05, 0) is 44.8 Å². The minimum atomic E-state index is -0.125. The lowest BCUT2D eigenvalue weighted by molar-refractivity contribution is 0.344. The van der Waals surface area contributed by atoms with Gasteiger partial charge >= 0.3 is 0 Å². The lowest BCUT2D eigenvalue weighted by atomic mass is 10.1. The van der Waals surface area contributed by atoms with Crippen LogP contribution in [0.4, 0.5) is 5.95 Å². The van der Waals surface area contributed by atoms with E-state index >= 15 is 0 Å². The van der Waals surface area contributed by atoms with Crippen LogP contribution in [0.2, 0.25) is 0 Å². The Morgan fingerprint density at radius 3 is 2.47 bits per heavy atom. The zero-order chi connectivity index (χ0) is 20.6. The van der Waals surface area contributed by atoms with Crippen molar-refractivity contribution in [3.63, 3.8) is 0 Å². The number of furan rings is 1. The summed E-state index contributed by atoms with van der Waals surface area (Å²) in [6, 6.07) is 7.97. The van der Waals surface area contributed by atoms with E-state index in [1.54, 1.807) is 24.2 Å². The number of aromatic amines is 1. The molecule has 0 bridgehead atoms. The SMILES string of the molecule is Cc1ccc(Cc2cnc(NCCSCc3ccc(CN(C)C)o3)[nH]c2=O)cn1.Cl.Cl.Cl. The van der Waals surface area contributed by atoms with Crippen molar-refractivity contribution in [3.8, 4) is 0 Å². The summed E-state index contributed by atoms with van der Waals surface area (Å²) in [4.78, 5) is 25.8. The molecule has 11 heteroatoms. The van der Waals surface area contributed by atoms with Crippen molar-refractivity contribution in [3.05, 3.63) is 75.4 Å². The molecule has 0 aliphatic rings. The fourth-order valence-corrected chi connectivity index (χ4v) is 3.52. The average Bonchev–Trinajstić information content (AvgIpc) is 3.12. The van der Waals surface area contributed by atoms with E-state index in [1.165, 1.54) is 0 Å². The Balaban J connectivity index is 0.00000320. The molecule has 3 heterocycles. The summed E-state index contributed by atoms with van der Waals surface area (Å²) in [6.45, 7) is 3.45. The van der Waals surface area contributed by atoms with Crippen molar-refractivity contribution in [1.82, 2.24) is 19.9 Å². The standard InChI is InChI=1S/C21H27N5O2S.3ClH/c1-15-4-5-16(11-23-15)10-17-12-24-21(25-20(17)27)22-8-9-29-14-19-7-6-18(28-19)13-26(2)3;;;/h4-7,11-12H,8-10,13-14H2,1-3H3,(H2,22,24,25,27);3*1H. The summed E-state index contributed by atoms with van der Waals surface area (Å²) in [7, 11) is 4.04. The minimum absolute atomic E-state index is 0. The quantitative estimate of drug-likeness (QED) is 0.383. The Labute approximate surface area is 211 Å². The van der Waals surface area contributed by atoms with Crippen LogP contribution in [0, 0.1) is 6.92 Å². The van der Waals surface area contributed by atoms with Gasteiger partial charge < -0.3 is 14.6 Å². The number of hydrogen-bond acceptors (Lipinski definition) is 7. The van der Waals surface area contributed by atoms with E-state index < -0.39 is 0 Å². The Bertz CT molecular complexity index is 980. The minimum Gasteiger partial charge on any atom is -0.464 e. The molecule has 0 amide bonds. The molecule has 0 aromatic carbocycles. The van der Waals surface area contributed by atoms with E-state index in [1.807, 2.05) is 45.3 Å². The second kappa shape index (κ2) is 15.2. The third-order valence-corrected chi connectivity index (χ3v) is 5.19. The summed E-state index contributed by atoms with van der Waals surface area (Å²) < 4.78 is 5.80. The number of aromatic nitrogens is 3. The van der Waals surface area contributed by atoms with Crippen molar-refractivity contribution in [1.29, 1.82) is 0 Å². The summed E-state index contributed by atoms with van der Waals surface area (Å²) >= 11 is 1.77. The highest BCUT2D eigenvalue weighted by Crippen LogP contribution is 2.16. The Morgan fingerprint density at radius 2 is 1.81 bits per heavy atom. The highest BCUT2D eigenvalue weighted by Gasteiger charge is 2.06. The van der Waals surface area contributed by atoms with Gasteiger partial charge in [-0.15, -0.1) is 37.2 Å². The van der Waals surface area contributed by atoms with Crippen molar-refractivity contribution in [2.75, 3.05) is 31.7 Å². The van der Waals surface area contributed by atoms with E-state index in [0.29, 0.717) is 24.5 Å². The van der Waals surface area contributed by atoms with Crippen LogP contribution in [0.3, 0.4) is 0 Å². The predicted octanol–water partition coefficient (Wildman–Crippen LogP) is 4.33. The largest absolute Gasteiger partial charge is 0.464 e. The van der Waals surface area contributed by atoms with Crippen LogP contribution in [0.1, 0.15) is 28.3 Å². The molecule has 0 saturated carbocycles. The van der Waals surface area contributed by atoms with Gasteiger partial charge in [-0.25, -0.2) is 4.98 Å². The molecule has 0 aliphatic heterocycles. The smallest absolute Gasteiger partial charge is 0.255 e. The van der Waals surface area contributed by atoms with E-state index in [9.17, 15) is 4.79 Å². The van der Waals surface area contributed by atoms with Crippen LogP contribution in [0.25, 0.3) is 0 Å². The number of halogens is 3. The highest BCUT2D eigenvalue weighted by atomic mass is 35.5. The monoisotopic (exact) mass is 521 g/mol. The molecule has 3 aromatic rings. The number of thioether (sulfide) groups is 1. The summed E-state index contributed by atoms with van der Waals surface area (Å²) in [5.41, 5.74) is 2.45. The van der Waals surface area contributed by atoms with Crippen LogP contribution in [-0.2, 0) is 18.7 Å². The van der Waals surface area contributed by atoms with Gasteiger partial charge in [0.2, 0.25) is 5.95 Å². The highest BCUT2D eigenvalue weighted by molar-refractivity contribution is 7.98. The van der Waals surface area contributed by atoms with Gasteiger partial charge in [0.25, 0.3) is 5.56 Å². The number of nitrogens with one attached hydrogen (secondary N) is 2. The third-order valence-electron chi connectivity index (χ3n) is 4.21. The lowest BCUT2D eigenvalue weighted by Gasteiger charge is -2.07. The molecule has 3 rings (SSSR count). The molecule has 0 saturated heterocycles. The number of anilines is 1. The van der Waals surface area contributed by atoms with Gasteiger partial charge in [-0.2, -0.15) is 11.8 Å². The first kappa shape index (κ1) is 30.3. The van der Waals surface area contributed by atoms with Gasteiger partial charge in [0.05, 0.1) is 12.3 Å². The second-order valence-corrected chi connectivity index (χ2v) is 8.26. The van der Waals surface area contributed by atoms with Crippen molar-refractivity contribution in [2.24, 2.45) is 0 Å². The maximum absolute atomic E-state index is 12.3. The maximum atomic E-state index is 12.3. The zero-order valence-electron chi connectivity index (χ0n) is 18.3. The van der Waals surface area contributed by atoms with Gasteiger partial charge in [-0.1, -0.05) is 6.07 Å². The van der Waals surface area contributed by atoms with Gasteiger partial charge in [0, 0.05) is 42.4 Å². The maximum Gasteiger partial charge on any atom is 0.255 e. The number of rotatable bonds is 10. The Kier molecular flexibility index (Phi) is 14.4. The molecule has 32 heavy (non-hydrogen) atoms. The van der Waals surface area contributed by atoms with Crippen LogP contribution in [0.5, 0.6) is 0 Å². The topological polar surface area (TPSA) is 87.0 Å². The first-order valence-corrected chi connectivity index (χ1v) is 10.7. The van der Waals surface area contributed by atoms with Crippen LogP contribution in [0.15, 0.2) is 45.9 Å². The number of hydrogen-bond donors (Lipinski definition) is 2. The first-order chi connectivity index (χ1) is 14.0. The fraction of sp³-hybridized carbons (Fsp3) is 0.381. The van der Waals surface area contributed by atoms with E-state index in [2.05, 4.69) is 25.2 Å². The number of pyridine rings is 1. The molecule has 0 radical (unpaired) electrons. The second-order valence-electron chi connectivity index (χ2n) is 7.16. The molecule has 0 atom stereocenters. The first-order valence-electron chi connectivity index (χ1n) is 9.53. The summed E-state index contributed by atoms with van der Waals surface area (Å²) in [6.07, 6.45) is 3.94. The Hall–Kier alpha value is -1.71. The fourth-order valence-electron chi connectivity index (χ4n) is 2.77. The predicted molar refractivity (Wildman–Crippen MR) is 139 cm³/mol. The van der Waals surface area contributed by atoms with Gasteiger partial charge in [0.1, 0.15) is 11.5 Å². The number of aryl methyl sites for hydroxylation is 1. The molecular formula is C21H30Cl3N5O2S. The molecule has 7 nitrogen and oxygen atoms in total. The van der Waals surface area contributed by atoms with Gasteiger partial charge in [0.15, 0.2) is 0 Å². The van der Waals surface area contributed by atoms with E-state index in [0.717, 1.165) is 40.8 Å². The lowest BCUT2D eigenvalue weighted by Crippen LogP contribution is -2.18. The molecule has 2 N–H and O–H groups in total. The van der Waals surface area contributed by atoms with Crippen LogP contribution in [-0.4, -0.2) is 46.2 Å². The molecule has 0 spiro atoms.